The van der Waals surface area contributed by atoms with E-state index in [0.717, 1.165) is 5.56 Å². The summed E-state index contributed by atoms with van der Waals surface area (Å²) in [6.45, 7) is 5.60. The van der Waals surface area contributed by atoms with Gasteiger partial charge in [0.2, 0.25) is 0 Å². The van der Waals surface area contributed by atoms with Gasteiger partial charge >= 0.3 is 5.97 Å². The molecule has 0 unspecified atom stereocenters. The third-order valence-electron chi connectivity index (χ3n) is 6.05. The molecule has 0 spiro atoms. The molecule has 4 rings (SSSR count). The number of nitrogens with zero attached hydrogens (tertiary/aromatic N) is 2. The molecule has 0 saturated heterocycles. The van der Waals surface area contributed by atoms with Crippen LogP contribution in [-0.4, -0.2) is 38.5 Å². The number of allylic oxidation sites excluding steroid dienone is 1. The number of methoxy groups -OCH3 is 3. The van der Waals surface area contributed by atoms with E-state index in [-0.39, 0.29) is 12.2 Å². The zero-order valence-electron chi connectivity index (χ0n) is 21.4. The minimum absolute atomic E-state index is 0.196. The molecule has 10 heteroatoms. The Kier molecular flexibility index (Phi) is 7.75. The molecule has 1 atom stereocenters. The lowest BCUT2D eigenvalue weighted by Gasteiger charge is -2.25. The number of fused-ring (bicyclic) bond motifs is 1. The van der Waals surface area contributed by atoms with Crippen molar-refractivity contribution in [3.63, 3.8) is 0 Å². The van der Waals surface area contributed by atoms with Gasteiger partial charge in [0.25, 0.3) is 5.56 Å². The fourth-order valence-corrected chi connectivity index (χ4v) is 5.48. The van der Waals surface area contributed by atoms with Gasteiger partial charge in [0.15, 0.2) is 16.3 Å². The van der Waals surface area contributed by atoms with Crippen LogP contribution in [0.25, 0.3) is 6.08 Å². The monoisotopic (exact) mass is 542 g/mol. The minimum Gasteiger partial charge on any atom is -0.496 e. The van der Waals surface area contributed by atoms with Crippen LogP contribution in [0.1, 0.15) is 36.6 Å². The SMILES string of the molecule is CCOC(=O)C1=C(C)N=c2sc(=Cc3cc(OC)c(OC)cc3Cl)c(=O)n2[C@@H]1c1ccc(C)c(OC)c1. The molecule has 0 fully saturated rings. The number of hydrogen-bond acceptors (Lipinski definition) is 8. The second-order valence-electron chi connectivity index (χ2n) is 8.26. The smallest absolute Gasteiger partial charge is 0.338 e. The molecule has 0 saturated carbocycles. The Hall–Kier alpha value is -3.56. The van der Waals surface area contributed by atoms with Crippen LogP contribution in [-0.2, 0) is 9.53 Å². The highest BCUT2D eigenvalue weighted by Gasteiger charge is 2.33. The average Bonchev–Trinajstić information content (AvgIpc) is 3.18. The van der Waals surface area contributed by atoms with Gasteiger partial charge in [-0.3, -0.25) is 9.36 Å². The first-order valence-corrected chi connectivity index (χ1v) is 12.7. The standard InChI is InChI=1S/C27H27ClN2O6S/c1-7-36-26(32)23-15(3)29-27-30(24(23)16-9-8-14(2)19(10-16)33-4)25(31)22(37-27)12-17-11-20(34-5)21(35-6)13-18(17)28/h8-13,24H,7H2,1-6H3/t24-/m1/s1. The zero-order valence-corrected chi connectivity index (χ0v) is 23.0. The number of halogens is 1. The van der Waals surface area contributed by atoms with Crippen molar-refractivity contribution in [3.8, 4) is 17.2 Å². The summed E-state index contributed by atoms with van der Waals surface area (Å²) in [6.07, 6.45) is 1.68. The molecule has 0 aliphatic carbocycles. The van der Waals surface area contributed by atoms with Gasteiger partial charge in [0, 0.05) is 6.07 Å². The van der Waals surface area contributed by atoms with Crippen molar-refractivity contribution in [2.45, 2.75) is 26.8 Å². The van der Waals surface area contributed by atoms with Crippen LogP contribution in [0.3, 0.4) is 0 Å². The van der Waals surface area contributed by atoms with Gasteiger partial charge in [-0.2, -0.15) is 0 Å². The molecule has 2 aromatic carbocycles. The summed E-state index contributed by atoms with van der Waals surface area (Å²) >= 11 is 7.69. The highest BCUT2D eigenvalue weighted by atomic mass is 35.5. The number of benzene rings is 2. The van der Waals surface area contributed by atoms with E-state index in [0.29, 0.717) is 54.0 Å². The van der Waals surface area contributed by atoms with Gasteiger partial charge in [-0.05, 0) is 55.7 Å². The van der Waals surface area contributed by atoms with E-state index in [1.165, 1.54) is 30.1 Å². The van der Waals surface area contributed by atoms with Gasteiger partial charge in [-0.1, -0.05) is 35.1 Å². The summed E-state index contributed by atoms with van der Waals surface area (Å²) in [7, 11) is 4.63. The predicted octanol–water partition coefficient (Wildman–Crippen LogP) is 3.79. The fourth-order valence-electron chi connectivity index (χ4n) is 4.24. The number of carbonyl (C=O) groups excluding carboxylic acids is 1. The number of ether oxygens (including phenoxy) is 4. The molecule has 1 aliphatic heterocycles. The predicted molar refractivity (Wildman–Crippen MR) is 143 cm³/mol. The van der Waals surface area contributed by atoms with Crippen molar-refractivity contribution in [1.29, 1.82) is 0 Å². The number of aromatic nitrogens is 1. The summed E-state index contributed by atoms with van der Waals surface area (Å²) in [4.78, 5) is 32.0. The maximum Gasteiger partial charge on any atom is 0.338 e. The Bertz CT molecular complexity index is 1590. The number of rotatable bonds is 7. The van der Waals surface area contributed by atoms with Gasteiger partial charge in [0.1, 0.15) is 5.75 Å². The molecule has 8 nitrogen and oxygen atoms in total. The lowest BCUT2D eigenvalue weighted by atomic mass is 9.95. The van der Waals surface area contributed by atoms with Crippen LogP contribution < -0.4 is 29.1 Å². The van der Waals surface area contributed by atoms with E-state index in [1.807, 2.05) is 25.1 Å². The first-order chi connectivity index (χ1) is 17.7. The first-order valence-electron chi connectivity index (χ1n) is 11.5. The summed E-state index contributed by atoms with van der Waals surface area (Å²) in [5.74, 6) is 1.09. The Balaban J connectivity index is 1.98. The third kappa shape index (κ3) is 4.89. The number of aryl methyl sites for hydroxylation is 1. The summed E-state index contributed by atoms with van der Waals surface area (Å²) in [6, 6.07) is 8.20. The van der Waals surface area contributed by atoms with Crippen molar-refractivity contribution >= 4 is 35.0 Å². The Morgan fingerprint density at radius 3 is 2.41 bits per heavy atom. The van der Waals surface area contributed by atoms with Crippen LogP contribution in [0, 0.1) is 6.92 Å². The van der Waals surface area contributed by atoms with Crippen molar-refractivity contribution in [1.82, 2.24) is 4.57 Å². The molecule has 0 radical (unpaired) electrons. The molecule has 194 valence electrons. The molecule has 37 heavy (non-hydrogen) atoms. The third-order valence-corrected chi connectivity index (χ3v) is 7.36. The number of thiazole rings is 1. The molecule has 0 N–H and O–H groups in total. The van der Waals surface area contributed by atoms with Gasteiger partial charge in [-0.25, -0.2) is 9.79 Å². The maximum atomic E-state index is 13.8. The fraction of sp³-hybridized carbons (Fsp3) is 0.296. The van der Waals surface area contributed by atoms with Crippen LogP contribution >= 0.6 is 22.9 Å². The number of carbonyl (C=O) groups is 1. The van der Waals surface area contributed by atoms with E-state index in [9.17, 15) is 9.59 Å². The van der Waals surface area contributed by atoms with Crippen LogP contribution in [0.15, 0.2) is 51.4 Å². The highest BCUT2D eigenvalue weighted by molar-refractivity contribution is 7.07. The Morgan fingerprint density at radius 1 is 1.08 bits per heavy atom. The summed E-state index contributed by atoms with van der Waals surface area (Å²) in [5, 5.41) is 0.395. The maximum absolute atomic E-state index is 13.8. The van der Waals surface area contributed by atoms with E-state index in [1.54, 1.807) is 39.2 Å². The second-order valence-corrected chi connectivity index (χ2v) is 9.68. The molecular formula is C27H27ClN2O6S. The molecule has 3 aromatic rings. The molecule has 0 amide bonds. The second kappa shape index (κ2) is 10.8. The van der Waals surface area contributed by atoms with Gasteiger partial charge in [0.05, 0.1) is 54.8 Å². The molecule has 1 aliphatic rings. The van der Waals surface area contributed by atoms with E-state index < -0.39 is 12.0 Å². The highest BCUT2D eigenvalue weighted by Crippen LogP contribution is 2.35. The van der Waals surface area contributed by atoms with E-state index in [2.05, 4.69) is 4.99 Å². The number of esters is 1. The Morgan fingerprint density at radius 2 is 1.76 bits per heavy atom. The van der Waals surface area contributed by atoms with Crippen molar-refractivity contribution < 1.29 is 23.7 Å². The topological polar surface area (TPSA) is 88.4 Å². The van der Waals surface area contributed by atoms with Crippen molar-refractivity contribution in [2.24, 2.45) is 4.99 Å². The molecule has 1 aromatic heterocycles. The molecule has 0 bridgehead atoms. The lowest BCUT2D eigenvalue weighted by molar-refractivity contribution is -0.139. The lowest BCUT2D eigenvalue weighted by Crippen LogP contribution is -2.40. The van der Waals surface area contributed by atoms with Crippen molar-refractivity contribution in [3.05, 3.63) is 83.0 Å². The summed E-state index contributed by atoms with van der Waals surface area (Å²) < 4.78 is 23.5. The largest absolute Gasteiger partial charge is 0.496 e. The number of hydrogen-bond donors (Lipinski definition) is 0. The van der Waals surface area contributed by atoms with E-state index in [4.69, 9.17) is 30.5 Å². The quantitative estimate of drug-likeness (QED) is 0.422. The Labute approximate surface area is 223 Å². The van der Waals surface area contributed by atoms with Crippen molar-refractivity contribution in [2.75, 3.05) is 27.9 Å². The first kappa shape index (κ1) is 26.5. The van der Waals surface area contributed by atoms with Crippen LogP contribution in [0.4, 0.5) is 0 Å². The van der Waals surface area contributed by atoms with Gasteiger partial charge < -0.3 is 18.9 Å². The normalized spacial score (nSPS) is 15.2. The van der Waals surface area contributed by atoms with Crippen LogP contribution in [0.2, 0.25) is 5.02 Å². The minimum atomic E-state index is -0.743. The molecule has 2 heterocycles. The van der Waals surface area contributed by atoms with Crippen LogP contribution in [0.5, 0.6) is 17.2 Å². The average molecular weight is 543 g/mol. The van der Waals surface area contributed by atoms with E-state index >= 15 is 0 Å². The van der Waals surface area contributed by atoms with Gasteiger partial charge in [-0.15, -0.1) is 0 Å². The summed E-state index contributed by atoms with van der Waals surface area (Å²) in [5.41, 5.74) is 2.69. The zero-order chi connectivity index (χ0) is 26.9. The molecular weight excluding hydrogens is 516 g/mol.